The lowest BCUT2D eigenvalue weighted by Crippen LogP contribution is -2.32. The molecule has 0 radical (unpaired) electrons. The van der Waals surface area contributed by atoms with Gasteiger partial charge in [0.1, 0.15) is 23.3 Å². The Balaban J connectivity index is 1.41. The molecule has 1 aliphatic rings. The van der Waals surface area contributed by atoms with Crippen molar-refractivity contribution in [3.63, 3.8) is 0 Å². The summed E-state index contributed by atoms with van der Waals surface area (Å²) in [5.74, 6) is 1.89. The zero-order valence-corrected chi connectivity index (χ0v) is 22.6. The largest absolute Gasteiger partial charge is 0.495 e. The highest BCUT2D eigenvalue weighted by molar-refractivity contribution is 7.80. The van der Waals surface area contributed by atoms with Crippen LogP contribution in [0, 0.1) is 6.92 Å². The number of aromatic nitrogens is 1. The van der Waals surface area contributed by atoms with Crippen LogP contribution in [0.4, 0.5) is 5.69 Å². The number of methoxy groups -OCH3 is 1. The minimum Gasteiger partial charge on any atom is -0.495 e. The second-order valence-electron chi connectivity index (χ2n) is 8.93. The number of hydrogen-bond acceptors (Lipinski definition) is 5. The summed E-state index contributed by atoms with van der Waals surface area (Å²) in [5, 5.41) is 7.54. The highest BCUT2D eigenvalue weighted by Gasteiger charge is 2.41. The molecular formula is C29H27ClN4O3S. The van der Waals surface area contributed by atoms with Crippen LogP contribution in [0.2, 0.25) is 5.02 Å². The van der Waals surface area contributed by atoms with Crippen LogP contribution in [0.15, 0.2) is 83.4 Å². The molecule has 38 heavy (non-hydrogen) atoms. The molecule has 0 aliphatic carbocycles. The number of carbonyl (C=O) groups is 1. The minimum absolute atomic E-state index is 0.146. The summed E-state index contributed by atoms with van der Waals surface area (Å²) < 4.78 is 11.8. The number of ether oxygens (including phenoxy) is 1. The first kappa shape index (κ1) is 25.8. The fraction of sp³-hybridized carbons (Fsp3) is 0.207. The van der Waals surface area contributed by atoms with Crippen molar-refractivity contribution in [1.29, 1.82) is 0 Å². The molecule has 3 heterocycles. The van der Waals surface area contributed by atoms with Gasteiger partial charge in [0.15, 0.2) is 5.11 Å². The van der Waals surface area contributed by atoms with Crippen LogP contribution in [0.25, 0.3) is 11.3 Å². The summed E-state index contributed by atoms with van der Waals surface area (Å²) in [5.41, 5.74) is 3.32. The first-order valence-corrected chi connectivity index (χ1v) is 13.0. The van der Waals surface area contributed by atoms with Gasteiger partial charge in [0, 0.05) is 29.7 Å². The molecule has 2 N–H and O–H groups in total. The van der Waals surface area contributed by atoms with E-state index in [-0.39, 0.29) is 24.4 Å². The van der Waals surface area contributed by atoms with E-state index < -0.39 is 0 Å². The van der Waals surface area contributed by atoms with E-state index >= 15 is 0 Å². The summed E-state index contributed by atoms with van der Waals surface area (Å²) in [6.45, 7) is 2.35. The maximum Gasteiger partial charge on any atom is 0.226 e. The third-order valence-corrected chi connectivity index (χ3v) is 7.37. The molecule has 0 spiro atoms. The number of anilines is 1. The molecule has 2 aromatic carbocycles. The molecule has 2 atom stereocenters. The average Bonchev–Trinajstić information content (AvgIpc) is 3.54. The molecule has 0 saturated carbocycles. The number of rotatable bonds is 8. The maximum atomic E-state index is 12.9. The van der Waals surface area contributed by atoms with Gasteiger partial charge in [-0.1, -0.05) is 41.9 Å². The number of nitrogens with one attached hydrogen (secondary N) is 2. The SMILES string of the molecule is COc1ccccc1NC(=O)CCN1C(=S)N[C@H](c2ccccn2)[C@@H]1c1ccc(-c2cccc(Cl)c2C)o1. The Morgan fingerprint density at radius 3 is 2.74 bits per heavy atom. The van der Waals surface area contributed by atoms with Crippen molar-refractivity contribution in [3.8, 4) is 17.1 Å². The number of nitrogens with zero attached hydrogens (tertiary/aromatic N) is 2. The van der Waals surface area contributed by atoms with Crippen molar-refractivity contribution in [1.82, 2.24) is 15.2 Å². The fourth-order valence-corrected chi connectivity index (χ4v) is 5.18. The number of benzene rings is 2. The molecule has 1 fully saturated rings. The van der Waals surface area contributed by atoms with Crippen molar-refractivity contribution >= 4 is 40.5 Å². The predicted molar refractivity (Wildman–Crippen MR) is 152 cm³/mol. The average molecular weight is 547 g/mol. The monoisotopic (exact) mass is 546 g/mol. The molecule has 0 unspecified atom stereocenters. The van der Waals surface area contributed by atoms with Crippen molar-refractivity contribution in [2.75, 3.05) is 19.0 Å². The van der Waals surface area contributed by atoms with Crippen LogP contribution in [0.3, 0.4) is 0 Å². The minimum atomic E-state index is -0.301. The third kappa shape index (κ3) is 5.23. The summed E-state index contributed by atoms with van der Waals surface area (Å²) >= 11 is 12.1. The lowest BCUT2D eigenvalue weighted by atomic mass is 10.0. The maximum absolute atomic E-state index is 12.9. The topological polar surface area (TPSA) is 79.6 Å². The number of carbonyl (C=O) groups excluding carboxylic acids is 1. The van der Waals surface area contributed by atoms with Gasteiger partial charge in [-0.2, -0.15) is 0 Å². The van der Waals surface area contributed by atoms with Gasteiger partial charge in [0.05, 0.1) is 24.5 Å². The fourth-order valence-electron chi connectivity index (χ4n) is 4.67. The Morgan fingerprint density at radius 1 is 1.13 bits per heavy atom. The molecule has 1 amide bonds. The Morgan fingerprint density at radius 2 is 1.95 bits per heavy atom. The molecule has 5 rings (SSSR count). The lowest BCUT2D eigenvalue weighted by Gasteiger charge is -2.26. The van der Waals surface area contributed by atoms with E-state index in [2.05, 4.69) is 15.6 Å². The number of amides is 1. The molecule has 1 aliphatic heterocycles. The third-order valence-electron chi connectivity index (χ3n) is 6.61. The Hall–Kier alpha value is -3.88. The van der Waals surface area contributed by atoms with Gasteiger partial charge in [0.25, 0.3) is 0 Å². The number of pyridine rings is 1. The van der Waals surface area contributed by atoms with Crippen LogP contribution in [0.1, 0.15) is 35.5 Å². The number of halogens is 1. The first-order chi connectivity index (χ1) is 18.5. The molecule has 2 aromatic heterocycles. The first-order valence-electron chi connectivity index (χ1n) is 12.2. The molecule has 1 saturated heterocycles. The van der Waals surface area contributed by atoms with Crippen LogP contribution in [-0.4, -0.2) is 34.6 Å². The highest BCUT2D eigenvalue weighted by Crippen LogP contribution is 2.41. The number of para-hydroxylation sites is 2. The zero-order chi connectivity index (χ0) is 26.6. The summed E-state index contributed by atoms with van der Waals surface area (Å²) in [4.78, 5) is 19.4. The lowest BCUT2D eigenvalue weighted by molar-refractivity contribution is -0.116. The summed E-state index contributed by atoms with van der Waals surface area (Å²) in [7, 11) is 1.57. The van der Waals surface area contributed by atoms with E-state index in [0.717, 1.165) is 16.8 Å². The highest BCUT2D eigenvalue weighted by atomic mass is 35.5. The summed E-state index contributed by atoms with van der Waals surface area (Å²) in [6, 6.07) is 22.2. The summed E-state index contributed by atoms with van der Waals surface area (Å²) in [6.07, 6.45) is 1.97. The Labute approximate surface area is 231 Å². The van der Waals surface area contributed by atoms with Crippen LogP contribution >= 0.6 is 23.8 Å². The van der Waals surface area contributed by atoms with Crippen LogP contribution in [0.5, 0.6) is 5.75 Å². The van der Waals surface area contributed by atoms with E-state index in [9.17, 15) is 4.79 Å². The smallest absolute Gasteiger partial charge is 0.226 e. The van der Waals surface area contributed by atoms with Gasteiger partial charge in [-0.05, 0) is 67.2 Å². The van der Waals surface area contributed by atoms with Crippen molar-refractivity contribution < 1.29 is 13.9 Å². The quantitative estimate of drug-likeness (QED) is 0.251. The van der Waals surface area contributed by atoms with Gasteiger partial charge in [-0.15, -0.1) is 0 Å². The van der Waals surface area contributed by atoms with Gasteiger partial charge < -0.3 is 24.7 Å². The van der Waals surface area contributed by atoms with E-state index in [1.54, 1.807) is 25.4 Å². The molecule has 9 heteroatoms. The predicted octanol–water partition coefficient (Wildman–Crippen LogP) is 6.31. The number of furan rings is 1. The molecule has 7 nitrogen and oxygen atoms in total. The number of hydrogen-bond donors (Lipinski definition) is 2. The van der Waals surface area contributed by atoms with Gasteiger partial charge in [0.2, 0.25) is 5.91 Å². The zero-order valence-electron chi connectivity index (χ0n) is 21.0. The number of thiocarbonyl (C=S) groups is 1. The van der Waals surface area contributed by atoms with Gasteiger partial charge in [-0.3, -0.25) is 9.78 Å². The van der Waals surface area contributed by atoms with Crippen molar-refractivity contribution in [3.05, 3.63) is 101 Å². The van der Waals surface area contributed by atoms with Crippen molar-refractivity contribution in [2.24, 2.45) is 0 Å². The van der Waals surface area contributed by atoms with E-state index in [1.165, 1.54) is 0 Å². The standard InChI is InChI=1S/C29H27ClN4O3S/c1-18-19(8-7-9-20(18)30)23-13-14-25(37-23)28-27(22-11-5-6-16-31-22)33-29(38)34(28)17-15-26(35)32-21-10-3-4-12-24(21)36-2/h3-14,16,27-28H,15,17H2,1-2H3,(H,32,35)(H,33,38)/t27-,28+/m1/s1. The van der Waals surface area contributed by atoms with E-state index in [1.807, 2.05) is 72.5 Å². The normalized spacial score (nSPS) is 16.8. The molecule has 0 bridgehead atoms. The second kappa shape index (κ2) is 11.2. The van der Waals surface area contributed by atoms with E-state index in [4.69, 9.17) is 33.0 Å². The molecule has 4 aromatic rings. The molecule has 194 valence electrons. The van der Waals surface area contributed by atoms with Gasteiger partial charge >= 0.3 is 0 Å². The molecular weight excluding hydrogens is 520 g/mol. The van der Waals surface area contributed by atoms with Crippen LogP contribution in [-0.2, 0) is 4.79 Å². The van der Waals surface area contributed by atoms with E-state index in [0.29, 0.717) is 39.6 Å². The van der Waals surface area contributed by atoms with Crippen molar-refractivity contribution in [2.45, 2.75) is 25.4 Å². The van der Waals surface area contributed by atoms with Gasteiger partial charge in [-0.25, -0.2) is 0 Å². The Bertz CT molecular complexity index is 1460. The second-order valence-corrected chi connectivity index (χ2v) is 9.73. The Kier molecular flexibility index (Phi) is 7.62. The van der Waals surface area contributed by atoms with Crippen LogP contribution < -0.4 is 15.4 Å².